The highest BCUT2D eigenvalue weighted by Gasteiger charge is 2.46. The van der Waals surface area contributed by atoms with Crippen LogP contribution in [0.1, 0.15) is 51.1 Å². The van der Waals surface area contributed by atoms with Gasteiger partial charge in [0.25, 0.3) is 0 Å². The smallest absolute Gasteiger partial charge is 0.319 e. The normalized spacial score (nSPS) is 22.4. The molecule has 2 N–H and O–H groups in total. The van der Waals surface area contributed by atoms with Crippen molar-refractivity contribution in [3.63, 3.8) is 0 Å². The van der Waals surface area contributed by atoms with E-state index in [1.165, 1.54) is 0 Å². The van der Waals surface area contributed by atoms with Crippen LogP contribution in [0, 0.1) is 20.8 Å². The zero-order chi connectivity index (χ0) is 16.7. The number of hydrogen-bond acceptors (Lipinski definition) is 3. The molecule has 0 radical (unpaired) electrons. The largest absolute Gasteiger partial charge is 0.367 e. The molecule has 0 bridgehead atoms. The van der Waals surface area contributed by atoms with Gasteiger partial charge < -0.3 is 15.4 Å². The fourth-order valence-electron chi connectivity index (χ4n) is 3.31. The number of carbonyl (C=O) groups is 1. The number of hydrogen-bond donors (Lipinski definition) is 2. The average Bonchev–Trinajstić information content (AvgIpc) is 2.51. The maximum absolute atomic E-state index is 12.4. The third-order valence-electron chi connectivity index (χ3n) is 4.14. The highest BCUT2D eigenvalue weighted by molar-refractivity contribution is 5.91. The first-order valence-corrected chi connectivity index (χ1v) is 7.73. The first-order valence-electron chi connectivity index (χ1n) is 7.73. The minimum absolute atomic E-state index is 0.0264. The molecule has 1 atom stereocenters. The lowest BCUT2D eigenvalue weighted by atomic mass is 9.95. The lowest BCUT2D eigenvalue weighted by Gasteiger charge is -2.27. The van der Waals surface area contributed by atoms with E-state index in [2.05, 4.69) is 15.6 Å². The molecule has 2 amide bonds. The van der Waals surface area contributed by atoms with Gasteiger partial charge >= 0.3 is 6.03 Å². The topological polar surface area (TPSA) is 63.2 Å². The van der Waals surface area contributed by atoms with E-state index in [0.717, 1.165) is 29.1 Å². The van der Waals surface area contributed by atoms with Crippen LogP contribution in [0.3, 0.4) is 0 Å². The Kier molecular flexibility index (Phi) is 4.22. The van der Waals surface area contributed by atoms with Crippen molar-refractivity contribution in [2.24, 2.45) is 0 Å². The number of pyridine rings is 1. The van der Waals surface area contributed by atoms with Crippen molar-refractivity contribution >= 4 is 11.7 Å². The van der Waals surface area contributed by atoms with Crippen molar-refractivity contribution in [2.45, 2.75) is 72.1 Å². The molecule has 2 rings (SSSR count). The Bertz CT molecular complexity index is 571. The molecule has 1 fully saturated rings. The lowest BCUT2D eigenvalue weighted by Crippen LogP contribution is -2.47. The summed E-state index contributed by atoms with van der Waals surface area (Å²) in [6.45, 7) is 13.9. The van der Waals surface area contributed by atoms with Gasteiger partial charge in [-0.15, -0.1) is 0 Å². The summed E-state index contributed by atoms with van der Waals surface area (Å²) in [6, 6.07) is 1.73. The first-order chi connectivity index (χ1) is 10.00. The minimum Gasteiger partial charge on any atom is -0.367 e. The molecule has 22 heavy (non-hydrogen) atoms. The molecule has 1 unspecified atom stereocenters. The van der Waals surface area contributed by atoms with Gasteiger partial charge in [-0.25, -0.2) is 4.79 Å². The van der Waals surface area contributed by atoms with Crippen LogP contribution in [0.2, 0.25) is 0 Å². The molecular weight excluding hydrogens is 278 g/mol. The molecule has 1 saturated heterocycles. The number of rotatable bonds is 2. The van der Waals surface area contributed by atoms with Crippen molar-refractivity contribution in [1.82, 2.24) is 10.3 Å². The quantitative estimate of drug-likeness (QED) is 0.879. The van der Waals surface area contributed by atoms with E-state index >= 15 is 0 Å². The number of aryl methyl sites for hydroxylation is 3. The van der Waals surface area contributed by atoms with Crippen LogP contribution in [0.15, 0.2) is 6.07 Å². The summed E-state index contributed by atoms with van der Waals surface area (Å²) >= 11 is 0. The summed E-state index contributed by atoms with van der Waals surface area (Å²) in [4.78, 5) is 16.8. The number of nitrogens with zero attached hydrogens (tertiary/aromatic N) is 1. The molecule has 1 aromatic rings. The van der Waals surface area contributed by atoms with Crippen LogP contribution in [0.25, 0.3) is 0 Å². The standard InChI is InChI=1S/C17H27N3O2/c1-10-8-11(2)18-12(3)14(10)20-15(21)19-13-9-16(4,5)22-17(13,6)7/h8,13H,9H2,1-7H3,(H2,19,20,21). The predicted octanol–water partition coefficient (Wildman–Crippen LogP) is 3.47. The van der Waals surface area contributed by atoms with Crippen LogP contribution in [-0.4, -0.2) is 28.3 Å². The molecule has 0 spiro atoms. The summed E-state index contributed by atoms with van der Waals surface area (Å²) in [5, 5.41) is 5.97. The zero-order valence-electron chi connectivity index (χ0n) is 14.6. The molecule has 2 heterocycles. The van der Waals surface area contributed by atoms with Crippen LogP contribution in [-0.2, 0) is 4.74 Å². The van der Waals surface area contributed by atoms with Gasteiger partial charge in [0.05, 0.1) is 28.6 Å². The Morgan fingerprint density at radius 2 is 1.91 bits per heavy atom. The number of amides is 2. The summed E-state index contributed by atoms with van der Waals surface area (Å²) in [7, 11) is 0. The molecule has 1 aromatic heterocycles. The van der Waals surface area contributed by atoms with Crippen molar-refractivity contribution in [3.8, 4) is 0 Å². The van der Waals surface area contributed by atoms with E-state index < -0.39 is 0 Å². The third-order valence-corrected chi connectivity index (χ3v) is 4.14. The monoisotopic (exact) mass is 305 g/mol. The third kappa shape index (κ3) is 3.58. The van der Waals surface area contributed by atoms with Crippen LogP contribution < -0.4 is 10.6 Å². The Hall–Kier alpha value is -1.62. The SMILES string of the molecule is Cc1cc(C)c(NC(=O)NC2CC(C)(C)OC2(C)C)c(C)n1. The van der Waals surface area contributed by atoms with Gasteiger partial charge in [-0.3, -0.25) is 4.98 Å². The summed E-state index contributed by atoms with van der Waals surface area (Å²) < 4.78 is 6.01. The summed E-state index contributed by atoms with van der Waals surface area (Å²) in [6.07, 6.45) is 0.789. The van der Waals surface area contributed by atoms with E-state index in [1.807, 2.05) is 54.5 Å². The number of ether oxygens (including phenoxy) is 1. The number of nitrogens with one attached hydrogen (secondary N) is 2. The van der Waals surface area contributed by atoms with E-state index in [-0.39, 0.29) is 23.3 Å². The van der Waals surface area contributed by atoms with Crippen LogP contribution in [0.4, 0.5) is 10.5 Å². The number of urea groups is 1. The van der Waals surface area contributed by atoms with Crippen molar-refractivity contribution in [2.75, 3.05) is 5.32 Å². The molecule has 0 aromatic carbocycles. The van der Waals surface area contributed by atoms with Gasteiger partial charge in [0.15, 0.2) is 0 Å². The van der Waals surface area contributed by atoms with E-state index in [4.69, 9.17) is 4.74 Å². The van der Waals surface area contributed by atoms with E-state index in [1.54, 1.807) is 0 Å². The summed E-state index contributed by atoms with van der Waals surface area (Å²) in [5.41, 5.74) is 2.97. The highest BCUT2D eigenvalue weighted by atomic mass is 16.5. The minimum atomic E-state index is -0.379. The Morgan fingerprint density at radius 1 is 1.27 bits per heavy atom. The van der Waals surface area contributed by atoms with Gasteiger partial charge in [0, 0.05) is 5.69 Å². The lowest BCUT2D eigenvalue weighted by molar-refractivity contribution is -0.0689. The zero-order valence-corrected chi connectivity index (χ0v) is 14.6. The van der Waals surface area contributed by atoms with Gasteiger partial charge in [0.2, 0.25) is 0 Å². The molecule has 122 valence electrons. The number of anilines is 1. The fraction of sp³-hybridized carbons (Fsp3) is 0.647. The van der Waals surface area contributed by atoms with Gasteiger partial charge in [-0.2, -0.15) is 0 Å². The summed E-state index contributed by atoms with van der Waals surface area (Å²) in [5.74, 6) is 0. The molecule has 0 saturated carbocycles. The molecule has 0 aliphatic carbocycles. The maximum atomic E-state index is 12.4. The number of aromatic nitrogens is 1. The Labute approximate surface area is 132 Å². The highest BCUT2D eigenvalue weighted by Crippen LogP contribution is 2.37. The Balaban J connectivity index is 2.09. The maximum Gasteiger partial charge on any atom is 0.319 e. The van der Waals surface area contributed by atoms with Crippen molar-refractivity contribution < 1.29 is 9.53 Å². The van der Waals surface area contributed by atoms with Gasteiger partial charge in [-0.05, 0) is 66.5 Å². The average molecular weight is 305 g/mol. The van der Waals surface area contributed by atoms with Gasteiger partial charge in [0.1, 0.15) is 0 Å². The number of carbonyl (C=O) groups excluding carboxylic acids is 1. The first kappa shape index (κ1) is 16.7. The van der Waals surface area contributed by atoms with E-state index in [0.29, 0.717) is 0 Å². The van der Waals surface area contributed by atoms with Crippen molar-refractivity contribution in [1.29, 1.82) is 0 Å². The van der Waals surface area contributed by atoms with Crippen molar-refractivity contribution in [3.05, 3.63) is 23.0 Å². The van der Waals surface area contributed by atoms with Crippen LogP contribution in [0.5, 0.6) is 0 Å². The van der Waals surface area contributed by atoms with E-state index in [9.17, 15) is 4.79 Å². The molecule has 1 aliphatic heterocycles. The van der Waals surface area contributed by atoms with Crippen LogP contribution >= 0.6 is 0 Å². The molecule has 5 heteroatoms. The second-order valence-electron chi connectivity index (χ2n) is 7.36. The van der Waals surface area contributed by atoms with Gasteiger partial charge in [-0.1, -0.05) is 0 Å². The molecular formula is C17H27N3O2. The Morgan fingerprint density at radius 3 is 2.41 bits per heavy atom. The fourth-order valence-corrected chi connectivity index (χ4v) is 3.31. The molecule has 5 nitrogen and oxygen atoms in total. The predicted molar refractivity (Wildman–Crippen MR) is 88.3 cm³/mol. The molecule has 1 aliphatic rings. The second-order valence-corrected chi connectivity index (χ2v) is 7.36. The second kappa shape index (κ2) is 5.54.